The minimum Gasteiger partial charge on any atom is -0.483 e. The van der Waals surface area contributed by atoms with Crippen molar-refractivity contribution < 1.29 is 14.1 Å². The van der Waals surface area contributed by atoms with Gasteiger partial charge in [-0.2, -0.15) is 4.40 Å². The fourth-order valence-electron chi connectivity index (χ4n) is 2.40. The molecule has 134 valence electrons. The van der Waals surface area contributed by atoms with E-state index < -0.39 is 27.8 Å². The van der Waals surface area contributed by atoms with Gasteiger partial charge in [-0.15, -0.1) is 0 Å². The van der Waals surface area contributed by atoms with Gasteiger partial charge in [-0.25, -0.2) is 4.21 Å². The van der Waals surface area contributed by atoms with E-state index in [1.54, 1.807) is 0 Å². The highest BCUT2D eigenvalue weighted by Gasteiger charge is 2.31. The largest absolute Gasteiger partial charge is 0.483 e. The smallest absolute Gasteiger partial charge is 0.207 e. The van der Waals surface area contributed by atoms with Crippen LogP contribution in [0.1, 0.15) is 43.9 Å². The van der Waals surface area contributed by atoms with E-state index in [2.05, 4.69) is 4.40 Å². The summed E-state index contributed by atoms with van der Waals surface area (Å²) in [5, 5.41) is 11.0. The molecule has 0 radical (unpaired) electrons. The molecular formula is C20H25NO3S. The Morgan fingerprint density at radius 3 is 1.92 bits per heavy atom. The molecule has 0 amide bonds. The van der Waals surface area contributed by atoms with Gasteiger partial charge in [-0.1, -0.05) is 60.7 Å². The molecule has 0 saturated carbocycles. The van der Waals surface area contributed by atoms with Crippen molar-refractivity contribution in [2.45, 2.75) is 37.5 Å². The zero-order valence-corrected chi connectivity index (χ0v) is 15.9. The minimum absolute atomic E-state index is 0.260. The van der Waals surface area contributed by atoms with Gasteiger partial charge in [-0.05, 0) is 31.9 Å². The molecule has 3 atom stereocenters. The Morgan fingerprint density at radius 2 is 1.48 bits per heavy atom. The number of hydrogen-bond acceptors (Lipinski definition) is 3. The summed E-state index contributed by atoms with van der Waals surface area (Å²) >= 11 is 0. The van der Waals surface area contributed by atoms with Gasteiger partial charge in [0, 0.05) is 0 Å². The van der Waals surface area contributed by atoms with Crippen LogP contribution in [-0.4, -0.2) is 27.1 Å². The number of aliphatic hydroxyl groups is 1. The first kappa shape index (κ1) is 19.3. The molecule has 0 aliphatic heterocycles. The van der Waals surface area contributed by atoms with Crippen molar-refractivity contribution in [1.29, 1.82) is 0 Å². The first-order chi connectivity index (χ1) is 11.8. The van der Waals surface area contributed by atoms with Crippen LogP contribution in [0.5, 0.6) is 0 Å². The first-order valence-corrected chi connectivity index (χ1v) is 9.27. The Hall–Kier alpha value is -1.98. The maximum atomic E-state index is 12.5. The maximum Gasteiger partial charge on any atom is 0.207 e. The number of nitrogens with zero attached hydrogens (tertiary/aromatic N) is 1. The van der Waals surface area contributed by atoms with Crippen LogP contribution in [0.4, 0.5) is 0 Å². The summed E-state index contributed by atoms with van der Waals surface area (Å²) < 4.78 is 21.7. The molecule has 0 heterocycles. The Bertz CT molecular complexity index is 724. The van der Waals surface area contributed by atoms with E-state index in [4.69, 9.17) is 4.74 Å². The molecule has 2 aromatic carbocycles. The molecular weight excluding hydrogens is 334 g/mol. The fourth-order valence-corrected chi connectivity index (χ4v) is 3.03. The quantitative estimate of drug-likeness (QED) is 0.648. The monoisotopic (exact) mass is 359 g/mol. The van der Waals surface area contributed by atoms with E-state index in [9.17, 15) is 9.32 Å². The molecule has 0 fully saturated rings. The van der Waals surface area contributed by atoms with E-state index in [-0.39, 0.29) is 5.90 Å². The maximum absolute atomic E-state index is 12.5. The van der Waals surface area contributed by atoms with E-state index in [0.717, 1.165) is 11.1 Å². The van der Waals surface area contributed by atoms with E-state index in [1.807, 2.05) is 81.4 Å². The lowest BCUT2D eigenvalue weighted by Crippen LogP contribution is -2.26. The van der Waals surface area contributed by atoms with E-state index >= 15 is 0 Å². The van der Waals surface area contributed by atoms with Crippen LogP contribution in [0.25, 0.3) is 0 Å². The van der Waals surface area contributed by atoms with Crippen molar-refractivity contribution in [3.8, 4) is 0 Å². The third-order valence-electron chi connectivity index (χ3n) is 3.79. The van der Waals surface area contributed by atoms with Crippen LogP contribution < -0.4 is 0 Å². The zero-order chi connectivity index (χ0) is 18.4. The first-order valence-electron chi connectivity index (χ1n) is 8.17. The molecule has 1 N–H and O–H groups in total. The molecule has 5 heteroatoms. The highest BCUT2D eigenvalue weighted by atomic mass is 32.2. The predicted molar refractivity (Wildman–Crippen MR) is 103 cm³/mol. The summed E-state index contributed by atoms with van der Waals surface area (Å²) in [6, 6.07) is 18.9. The minimum atomic E-state index is -1.48. The van der Waals surface area contributed by atoms with Gasteiger partial charge in [-0.3, -0.25) is 0 Å². The molecule has 0 aliphatic rings. The van der Waals surface area contributed by atoms with Crippen molar-refractivity contribution >= 4 is 16.9 Å². The molecule has 2 rings (SSSR count). The normalized spacial score (nSPS) is 16.1. The van der Waals surface area contributed by atoms with Crippen LogP contribution in [0.3, 0.4) is 0 Å². The number of aliphatic hydroxyl groups excluding tert-OH is 1. The highest BCUT2D eigenvalue weighted by Crippen LogP contribution is 2.33. The number of benzene rings is 2. The Kier molecular flexibility index (Phi) is 6.51. The summed E-state index contributed by atoms with van der Waals surface area (Å²) in [4.78, 5) is 0. The van der Waals surface area contributed by atoms with Gasteiger partial charge in [0.05, 0.1) is 23.9 Å². The molecule has 0 saturated heterocycles. The van der Waals surface area contributed by atoms with Crippen LogP contribution in [0, 0.1) is 0 Å². The third kappa shape index (κ3) is 5.00. The lowest BCUT2D eigenvalue weighted by Gasteiger charge is -2.25. The summed E-state index contributed by atoms with van der Waals surface area (Å²) in [7, 11) is 0.00969. The van der Waals surface area contributed by atoms with Crippen LogP contribution in [0.2, 0.25) is 0 Å². The van der Waals surface area contributed by atoms with Crippen molar-refractivity contribution in [2.75, 3.05) is 7.11 Å². The average Bonchev–Trinajstić information content (AvgIpc) is 2.61. The number of hydrogen-bond donors (Lipinski definition) is 1. The molecule has 0 spiro atoms. The second-order valence-electron chi connectivity index (χ2n) is 6.74. The van der Waals surface area contributed by atoms with Crippen LogP contribution >= 0.6 is 0 Å². The fraction of sp³-hybridized carbons (Fsp3) is 0.350. The lowest BCUT2D eigenvalue weighted by molar-refractivity contribution is 0.158. The highest BCUT2D eigenvalue weighted by molar-refractivity contribution is 7.85. The number of methoxy groups -OCH3 is 1. The van der Waals surface area contributed by atoms with Crippen molar-refractivity contribution in [1.82, 2.24) is 0 Å². The van der Waals surface area contributed by atoms with Gasteiger partial charge in [0.1, 0.15) is 11.0 Å². The molecule has 0 aromatic heterocycles. The third-order valence-corrected chi connectivity index (χ3v) is 5.18. The zero-order valence-electron chi connectivity index (χ0n) is 15.0. The van der Waals surface area contributed by atoms with Crippen molar-refractivity contribution in [3.63, 3.8) is 0 Å². The van der Waals surface area contributed by atoms with Crippen LogP contribution in [0.15, 0.2) is 65.1 Å². The molecule has 4 nitrogen and oxygen atoms in total. The molecule has 0 aliphatic carbocycles. The Balaban J connectivity index is 2.51. The predicted octanol–water partition coefficient (Wildman–Crippen LogP) is 4.01. The van der Waals surface area contributed by atoms with Gasteiger partial charge < -0.3 is 9.84 Å². The van der Waals surface area contributed by atoms with Gasteiger partial charge in [0.2, 0.25) is 5.90 Å². The summed E-state index contributed by atoms with van der Waals surface area (Å²) in [5.74, 6) is -0.282. The van der Waals surface area contributed by atoms with Gasteiger partial charge in [0.25, 0.3) is 0 Å². The summed E-state index contributed by atoms with van der Waals surface area (Å²) in [6.07, 6.45) is -0.862. The van der Waals surface area contributed by atoms with Crippen molar-refractivity contribution in [3.05, 3.63) is 71.8 Å². The lowest BCUT2D eigenvalue weighted by atomic mass is 9.89. The van der Waals surface area contributed by atoms with Crippen molar-refractivity contribution in [2.24, 2.45) is 4.40 Å². The van der Waals surface area contributed by atoms with Crippen LogP contribution in [-0.2, 0) is 15.7 Å². The summed E-state index contributed by atoms with van der Waals surface area (Å²) in [6.45, 7) is 5.56. The standard InChI is InChI=1S/C20H25NO3S/c1-20(2,3)25(23)21-19(24-4)17(15-11-7-5-8-12-15)18(22)16-13-9-6-10-14-16/h5-14,17-18,22H,1-4H3/b21-19-/t17-,18-,25?/m1/s1. The molecule has 25 heavy (non-hydrogen) atoms. The number of ether oxygens (including phenoxy) is 1. The molecule has 0 bridgehead atoms. The van der Waals surface area contributed by atoms with E-state index in [1.165, 1.54) is 7.11 Å². The van der Waals surface area contributed by atoms with Gasteiger partial charge in [0.15, 0.2) is 0 Å². The second kappa shape index (κ2) is 8.41. The van der Waals surface area contributed by atoms with Gasteiger partial charge >= 0.3 is 0 Å². The topological polar surface area (TPSA) is 58.9 Å². The van der Waals surface area contributed by atoms with E-state index in [0.29, 0.717) is 0 Å². The SMILES string of the molecule is CO/C(=N\S(=O)C(C)(C)C)[C@H](c1ccccc1)[C@H](O)c1ccccc1. The second-order valence-corrected chi connectivity index (χ2v) is 8.64. The molecule has 1 unspecified atom stereocenters. The number of rotatable bonds is 5. The Morgan fingerprint density at radius 1 is 1.00 bits per heavy atom. The average molecular weight is 359 g/mol. The Labute approximate surface area is 152 Å². The summed E-state index contributed by atoms with van der Waals surface area (Å²) in [5.41, 5.74) is 1.60. The molecule has 2 aromatic rings.